The second kappa shape index (κ2) is 4.72. The summed E-state index contributed by atoms with van der Waals surface area (Å²) in [6.45, 7) is 2.38. The Morgan fingerprint density at radius 3 is 2.82 bits per heavy atom. The van der Waals surface area contributed by atoms with Crippen LogP contribution in [0.2, 0.25) is 0 Å². The van der Waals surface area contributed by atoms with Gasteiger partial charge in [-0.25, -0.2) is 0 Å². The van der Waals surface area contributed by atoms with Gasteiger partial charge in [0.2, 0.25) is 0 Å². The highest BCUT2D eigenvalue weighted by atomic mass is 15.1. The molecule has 110 valence electrons. The van der Waals surface area contributed by atoms with Gasteiger partial charge in [-0.1, -0.05) is 36.4 Å². The number of fused-ring (bicyclic) bond motifs is 3. The molecule has 0 fully saturated rings. The highest BCUT2D eigenvalue weighted by molar-refractivity contribution is 5.90. The fraction of sp³-hybridized carbons (Fsp3) is 0.300. The number of nitrogens with zero attached hydrogens (tertiary/aromatic N) is 1. The van der Waals surface area contributed by atoms with E-state index in [2.05, 4.69) is 58.4 Å². The fourth-order valence-electron chi connectivity index (χ4n) is 4.45. The number of aromatic nitrogens is 1. The number of nitrogens with two attached hydrogens (primary N) is 1. The van der Waals surface area contributed by atoms with Gasteiger partial charge in [-0.3, -0.25) is 0 Å². The van der Waals surface area contributed by atoms with Gasteiger partial charge in [-0.05, 0) is 41.7 Å². The number of rotatable bonds is 1. The van der Waals surface area contributed by atoms with Crippen molar-refractivity contribution in [1.82, 2.24) is 4.57 Å². The summed E-state index contributed by atoms with van der Waals surface area (Å²) < 4.78 is 2.60. The number of quaternary nitrogens is 1. The average molecular weight is 289 g/mol. The zero-order chi connectivity index (χ0) is 14.5. The minimum atomic E-state index is 0.699. The molecule has 2 heterocycles. The smallest absolute Gasteiger partial charge is 0.127 e. The monoisotopic (exact) mass is 289 g/mol. The maximum absolute atomic E-state index is 2.60. The Hall–Kier alpha value is -2.06. The molecule has 0 radical (unpaired) electrons. The molecule has 0 saturated carbocycles. The lowest BCUT2D eigenvalue weighted by molar-refractivity contribution is -0.704. The molecule has 2 heteroatoms. The third kappa shape index (κ3) is 1.71. The van der Waals surface area contributed by atoms with E-state index in [1.54, 1.807) is 11.3 Å². The standard InChI is InChI=1S/C20H20N2/c1-2-5-14(6-3-1)15-9-10-19-17(13-15)16-7-4-8-18-20(16)22(19)12-11-21-18/h1-3,5-6,9-10,13,18,21H,4,7-8,11-12H2/p+1/t18-/m1/s1. The molecule has 0 bridgehead atoms. The molecule has 1 atom stereocenters. The van der Waals surface area contributed by atoms with Crippen molar-refractivity contribution in [2.45, 2.75) is 31.8 Å². The zero-order valence-corrected chi connectivity index (χ0v) is 12.8. The lowest BCUT2D eigenvalue weighted by atomic mass is 9.90. The van der Waals surface area contributed by atoms with E-state index in [4.69, 9.17) is 0 Å². The lowest BCUT2D eigenvalue weighted by Crippen LogP contribution is -2.88. The van der Waals surface area contributed by atoms with E-state index in [0.29, 0.717) is 6.04 Å². The molecule has 1 aromatic heterocycles. The van der Waals surface area contributed by atoms with E-state index in [0.717, 1.165) is 6.54 Å². The van der Waals surface area contributed by atoms with Crippen LogP contribution in [0.3, 0.4) is 0 Å². The average Bonchev–Trinajstić information content (AvgIpc) is 2.92. The number of aryl methyl sites for hydroxylation is 1. The molecular weight excluding hydrogens is 268 g/mol. The van der Waals surface area contributed by atoms with Crippen LogP contribution in [0.15, 0.2) is 48.5 Å². The molecule has 1 aliphatic carbocycles. The predicted octanol–water partition coefficient (Wildman–Crippen LogP) is 3.26. The molecule has 0 spiro atoms. The van der Waals surface area contributed by atoms with Crippen LogP contribution in [0.1, 0.15) is 30.1 Å². The lowest BCUT2D eigenvalue weighted by Gasteiger charge is -2.27. The highest BCUT2D eigenvalue weighted by Crippen LogP contribution is 2.38. The van der Waals surface area contributed by atoms with Gasteiger partial charge in [0, 0.05) is 17.3 Å². The molecule has 22 heavy (non-hydrogen) atoms. The Bertz CT molecular complexity index is 843. The molecular formula is C20H21N2+. The minimum Gasteiger partial charge on any atom is -0.337 e. The quantitative estimate of drug-likeness (QED) is 0.710. The summed E-state index contributed by atoms with van der Waals surface area (Å²) in [7, 11) is 0. The van der Waals surface area contributed by atoms with Crippen LogP contribution in [0.4, 0.5) is 0 Å². The van der Waals surface area contributed by atoms with Crippen molar-refractivity contribution in [3.63, 3.8) is 0 Å². The molecule has 1 aliphatic heterocycles. The number of hydrogen-bond donors (Lipinski definition) is 1. The maximum atomic E-state index is 2.60. The van der Waals surface area contributed by atoms with Gasteiger partial charge in [-0.2, -0.15) is 0 Å². The first kappa shape index (κ1) is 12.5. The molecule has 2 aromatic carbocycles. The van der Waals surface area contributed by atoms with Crippen LogP contribution in [0, 0.1) is 0 Å². The fourth-order valence-corrected chi connectivity index (χ4v) is 4.45. The van der Waals surface area contributed by atoms with Crippen molar-refractivity contribution in [2.24, 2.45) is 0 Å². The topological polar surface area (TPSA) is 21.5 Å². The van der Waals surface area contributed by atoms with E-state index in [-0.39, 0.29) is 0 Å². The summed E-state index contributed by atoms with van der Waals surface area (Å²) in [4.78, 5) is 0. The first-order valence-corrected chi connectivity index (χ1v) is 8.45. The van der Waals surface area contributed by atoms with Crippen molar-refractivity contribution in [1.29, 1.82) is 0 Å². The van der Waals surface area contributed by atoms with Crippen LogP contribution in [0.5, 0.6) is 0 Å². The Morgan fingerprint density at radius 1 is 1.00 bits per heavy atom. The first-order valence-electron chi connectivity index (χ1n) is 8.45. The maximum Gasteiger partial charge on any atom is 0.127 e. The third-order valence-electron chi connectivity index (χ3n) is 5.42. The van der Waals surface area contributed by atoms with Crippen molar-refractivity contribution < 1.29 is 5.32 Å². The van der Waals surface area contributed by atoms with E-state index in [1.807, 2.05) is 0 Å². The van der Waals surface area contributed by atoms with Crippen molar-refractivity contribution >= 4 is 10.9 Å². The summed E-state index contributed by atoms with van der Waals surface area (Å²) >= 11 is 0. The summed E-state index contributed by atoms with van der Waals surface area (Å²) in [6.07, 6.45) is 3.93. The van der Waals surface area contributed by atoms with Crippen molar-refractivity contribution in [2.75, 3.05) is 6.54 Å². The Balaban J connectivity index is 1.77. The molecule has 2 nitrogen and oxygen atoms in total. The molecule has 0 amide bonds. The van der Waals surface area contributed by atoms with Gasteiger partial charge in [0.15, 0.2) is 0 Å². The summed E-state index contributed by atoms with van der Waals surface area (Å²) in [5.41, 5.74) is 7.36. The van der Waals surface area contributed by atoms with Crippen LogP contribution in [0.25, 0.3) is 22.0 Å². The largest absolute Gasteiger partial charge is 0.337 e. The molecule has 2 aliphatic rings. The van der Waals surface area contributed by atoms with E-state index < -0.39 is 0 Å². The normalized spacial score (nSPS) is 20.1. The molecule has 3 aromatic rings. The number of hydrogen-bond acceptors (Lipinski definition) is 0. The molecule has 0 unspecified atom stereocenters. The Labute approximate surface area is 130 Å². The molecule has 0 saturated heterocycles. The van der Waals surface area contributed by atoms with Crippen LogP contribution in [-0.4, -0.2) is 11.1 Å². The van der Waals surface area contributed by atoms with Gasteiger partial charge < -0.3 is 9.88 Å². The van der Waals surface area contributed by atoms with E-state index >= 15 is 0 Å². The first-order chi connectivity index (χ1) is 10.9. The van der Waals surface area contributed by atoms with Crippen molar-refractivity contribution in [3.05, 3.63) is 59.8 Å². The van der Waals surface area contributed by atoms with E-state index in [9.17, 15) is 0 Å². The highest BCUT2D eigenvalue weighted by Gasteiger charge is 2.32. The van der Waals surface area contributed by atoms with Gasteiger partial charge >= 0.3 is 0 Å². The summed E-state index contributed by atoms with van der Waals surface area (Å²) in [5, 5.41) is 4.05. The SMILES string of the molecule is c1ccc(-c2ccc3c(c2)c2c4n3CC[NH2+][C@@H]4CCC2)cc1. The number of benzene rings is 2. The third-order valence-corrected chi connectivity index (χ3v) is 5.42. The van der Waals surface area contributed by atoms with Crippen molar-refractivity contribution in [3.8, 4) is 11.1 Å². The summed E-state index contributed by atoms with van der Waals surface area (Å²) in [6, 6.07) is 18.5. The van der Waals surface area contributed by atoms with Gasteiger partial charge in [-0.15, -0.1) is 0 Å². The van der Waals surface area contributed by atoms with Crippen LogP contribution >= 0.6 is 0 Å². The van der Waals surface area contributed by atoms with E-state index in [1.165, 1.54) is 47.8 Å². The minimum absolute atomic E-state index is 0.699. The predicted molar refractivity (Wildman–Crippen MR) is 89.8 cm³/mol. The zero-order valence-electron chi connectivity index (χ0n) is 12.8. The Morgan fingerprint density at radius 2 is 1.91 bits per heavy atom. The molecule has 5 rings (SSSR count). The Kier molecular flexibility index (Phi) is 2.68. The second-order valence-corrected chi connectivity index (χ2v) is 6.64. The van der Waals surface area contributed by atoms with Gasteiger partial charge in [0.25, 0.3) is 0 Å². The second-order valence-electron chi connectivity index (χ2n) is 6.64. The van der Waals surface area contributed by atoms with Crippen LogP contribution < -0.4 is 5.32 Å². The summed E-state index contributed by atoms with van der Waals surface area (Å²) in [5.74, 6) is 0. The van der Waals surface area contributed by atoms with Gasteiger partial charge in [0.1, 0.15) is 6.04 Å². The van der Waals surface area contributed by atoms with Crippen LogP contribution in [-0.2, 0) is 13.0 Å². The molecule has 2 N–H and O–H groups in total. The van der Waals surface area contributed by atoms with Gasteiger partial charge in [0.05, 0.1) is 18.8 Å².